The number of nitrogens with one attached hydrogen (secondary N) is 1. The first kappa shape index (κ1) is 16.6. The second-order valence-corrected chi connectivity index (χ2v) is 5.89. The van der Waals surface area contributed by atoms with E-state index in [0.717, 1.165) is 11.5 Å². The Morgan fingerprint density at radius 3 is 2.65 bits per heavy atom. The van der Waals surface area contributed by atoms with Gasteiger partial charge in [0, 0.05) is 30.5 Å². The zero-order valence-electron chi connectivity index (χ0n) is 11.4. The molecule has 0 aliphatic carbocycles. The van der Waals surface area contributed by atoms with Gasteiger partial charge >= 0.3 is 18.0 Å². The number of thioether (sulfide) groups is 1. The van der Waals surface area contributed by atoms with Crippen molar-refractivity contribution in [2.45, 2.75) is 38.3 Å². The van der Waals surface area contributed by atoms with Gasteiger partial charge in [-0.15, -0.1) is 0 Å². The zero-order chi connectivity index (χ0) is 15.1. The molecule has 2 atom stereocenters. The molecule has 1 aliphatic rings. The third-order valence-corrected chi connectivity index (χ3v) is 4.30. The van der Waals surface area contributed by atoms with Crippen LogP contribution in [0.3, 0.4) is 0 Å². The van der Waals surface area contributed by atoms with Crippen LogP contribution in [0.1, 0.15) is 26.2 Å². The maximum absolute atomic E-state index is 12.0. The van der Waals surface area contributed by atoms with E-state index in [-0.39, 0.29) is 31.3 Å². The minimum atomic E-state index is -1.14. The van der Waals surface area contributed by atoms with Crippen molar-refractivity contribution in [3.63, 3.8) is 0 Å². The van der Waals surface area contributed by atoms with Crippen LogP contribution in [0.25, 0.3) is 0 Å². The maximum atomic E-state index is 12.0. The minimum absolute atomic E-state index is 0.0715. The Morgan fingerprint density at radius 2 is 2.10 bits per heavy atom. The topological polar surface area (TPSA) is 107 Å². The van der Waals surface area contributed by atoms with Crippen molar-refractivity contribution in [3.8, 4) is 0 Å². The summed E-state index contributed by atoms with van der Waals surface area (Å²) in [6.45, 7) is 2.52. The number of amides is 2. The summed E-state index contributed by atoms with van der Waals surface area (Å²) < 4.78 is 0. The summed E-state index contributed by atoms with van der Waals surface area (Å²) in [6, 6.07) is -1.36. The van der Waals surface area contributed by atoms with E-state index in [4.69, 9.17) is 10.2 Å². The van der Waals surface area contributed by atoms with Crippen molar-refractivity contribution in [2.24, 2.45) is 0 Å². The highest BCUT2D eigenvalue weighted by Gasteiger charge is 2.27. The summed E-state index contributed by atoms with van der Waals surface area (Å²) in [4.78, 5) is 35.2. The molecular weight excluding hydrogens is 284 g/mol. The summed E-state index contributed by atoms with van der Waals surface area (Å²) in [5.41, 5.74) is 0. The molecule has 0 bridgehead atoms. The number of carboxylic acids is 2. The molecule has 8 heteroatoms. The van der Waals surface area contributed by atoms with Crippen molar-refractivity contribution in [3.05, 3.63) is 0 Å². The van der Waals surface area contributed by atoms with Gasteiger partial charge < -0.3 is 20.4 Å². The fourth-order valence-electron chi connectivity index (χ4n) is 1.98. The predicted molar refractivity (Wildman–Crippen MR) is 74.9 cm³/mol. The van der Waals surface area contributed by atoms with Gasteiger partial charge in [-0.05, 0) is 19.8 Å². The first-order valence-electron chi connectivity index (χ1n) is 6.51. The van der Waals surface area contributed by atoms with E-state index < -0.39 is 18.0 Å². The molecule has 7 nitrogen and oxygen atoms in total. The highest BCUT2D eigenvalue weighted by molar-refractivity contribution is 7.99. The largest absolute Gasteiger partial charge is 0.481 e. The maximum Gasteiger partial charge on any atom is 0.326 e. The highest BCUT2D eigenvalue weighted by Crippen LogP contribution is 2.16. The molecule has 1 aliphatic heterocycles. The Labute approximate surface area is 121 Å². The van der Waals surface area contributed by atoms with Crippen molar-refractivity contribution in [2.75, 3.05) is 18.1 Å². The van der Waals surface area contributed by atoms with E-state index in [9.17, 15) is 14.4 Å². The van der Waals surface area contributed by atoms with Gasteiger partial charge in [0.05, 0.1) is 0 Å². The van der Waals surface area contributed by atoms with Crippen molar-refractivity contribution in [1.82, 2.24) is 10.2 Å². The first-order valence-corrected chi connectivity index (χ1v) is 7.66. The normalized spacial score (nSPS) is 20.2. The van der Waals surface area contributed by atoms with Gasteiger partial charge in [0.1, 0.15) is 6.04 Å². The monoisotopic (exact) mass is 304 g/mol. The van der Waals surface area contributed by atoms with Crippen molar-refractivity contribution in [1.29, 1.82) is 0 Å². The Morgan fingerprint density at radius 1 is 1.40 bits per heavy atom. The number of rotatable bonds is 6. The molecule has 1 saturated heterocycles. The molecule has 1 fully saturated rings. The van der Waals surface area contributed by atoms with E-state index in [1.807, 2.05) is 6.92 Å². The van der Waals surface area contributed by atoms with E-state index in [1.165, 1.54) is 0 Å². The van der Waals surface area contributed by atoms with Gasteiger partial charge in [-0.1, -0.05) is 0 Å². The molecule has 0 aromatic heterocycles. The number of carbonyl (C=O) groups excluding carboxylic acids is 1. The molecule has 0 radical (unpaired) electrons. The van der Waals surface area contributed by atoms with E-state index in [2.05, 4.69) is 5.32 Å². The molecule has 114 valence electrons. The van der Waals surface area contributed by atoms with Crippen LogP contribution >= 0.6 is 11.8 Å². The van der Waals surface area contributed by atoms with Gasteiger partial charge in [-0.2, -0.15) is 11.8 Å². The standard InChI is InChI=1S/C12H20N2O5S/c1-8-7-20-6-5-14(8)12(19)13-9(11(17)18)3-2-4-10(15)16/h8-9H,2-7H2,1H3,(H,13,19)(H,15,16)(H,17,18)/t8?,9-/m1/s1. The number of hydrogen-bond donors (Lipinski definition) is 3. The lowest BCUT2D eigenvalue weighted by Gasteiger charge is -2.33. The lowest BCUT2D eigenvalue weighted by molar-refractivity contribution is -0.140. The fourth-order valence-corrected chi connectivity index (χ4v) is 2.99. The average molecular weight is 304 g/mol. The van der Waals surface area contributed by atoms with Gasteiger partial charge in [-0.3, -0.25) is 4.79 Å². The second kappa shape index (κ2) is 7.98. The summed E-state index contributed by atoms with van der Waals surface area (Å²) in [6.07, 6.45) is 0.235. The van der Waals surface area contributed by atoms with Crippen LogP contribution in [0, 0.1) is 0 Å². The summed E-state index contributed by atoms with van der Waals surface area (Å²) >= 11 is 1.76. The summed E-state index contributed by atoms with van der Waals surface area (Å²) in [5.74, 6) is -0.427. The molecule has 0 aromatic rings. The van der Waals surface area contributed by atoms with Crippen LogP contribution in [0.2, 0.25) is 0 Å². The number of nitrogens with zero attached hydrogens (tertiary/aromatic N) is 1. The molecule has 2 amide bonds. The Balaban J connectivity index is 2.49. The Hall–Kier alpha value is -1.44. The summed E-state index contributed by atoms with van der Waals surface area (Å²) in [5, 5.41) is 20.1. The average Bonchev–Trinajstić information content (AvgIpc) is 2.37. The lowest BCUT2D eigenvalue weighted by Crippen LogP contribution is -2.53. The molecule has 1 heterocycles. The Kier molecular flexibility index (Phi) is 6.63. The first-order chi connectivity index (χ1) is 9.41. The molecule has 0 saturated carbocycles. The van der Waals surface area contributed by atoms with E-state index >= 15 is 0 Å². The summed E-state index contributed by atoms with van der Waals surface area (Å²) in [7, 11) is 0. The second-order valence-electron chi connectivity index (χ2n) is 4.74. The van der Waals surface area contributed by atoms with Crippen molar-refractivity contribution >= 4 is 29.7 Å². The third-order valence-electron chi connectivity index (χ3n) is 3.11. The quantitative estimate of drug-likeness (QED) is 0.671. The molecule has 1 unspecified atom stereocenters. The number of carbonyl (C=O) groups is 3. The molecule has 20 heavy (non-hydrogen) atoms. The van der Waals surface area contributed by atoms with Crippen LogP contribution in [0.5, 0.6) is 0 Å². The number of urea groups is 1. The Bertz CT molecular complexity index is 377. The molecule has 0 spiro atoms. The van der Waals surface area contributed by atoms with Gasteiger partial charge in [0.25, 0.3) is 0 Å². The zero-order valence-corrected chi connectivity index (χ0v) is 12.2. The SMILES string of the molecule is CC1CSCCN1C(=O)N[C@H](CCCC(=O)O)C(=O)O. The van der Waals surface area contributed by atoms with Gasteiger partial charge in [0.2, 0.25) is 0 Å². The molecule has 1 rings (SSSR count). The smallest absolute Gasteiger partial charge is 0.326 e. The van der Waals surface area contributed by atoms with Gasteiger partial charge in [0.15, 0.2) is 0 Å². The fraction of sp³-hybridized carbons (Fsp3) is 0.750. The van der Waals surface area contributed by atoms with E-state index in [1.54, 1.807) is 16.7 Å². The number of hydrogen-bond acceptors (Lipinski definition) is 4. The molecule has 3 N–H and O–H groups in total. The number of carboxylic acid groups (broad SMARTS) is 2. The number of aliphatic carboxylic acids is 2. The lowest BCUT2D eigenvalue weighted by atomic mass is 10.1. The van der Waals surface area contributed by atoms with Gasteiger partial charge in [-0.25, -0.2) is 9.59 Å². The van der Waals surface area contributed by atoms with Crippen LogP contribution in [-0.4, -0.2) is 63.2 Å². The predicted octanol–water partition coefficient (Wildman–Crippen LogP) is 0.841. The van der Waals surface area contributed by atoms with E-state index in [0.29, 0.717) is 6.54 Å². The van der Waals surface area contributed by atoms with Crippen LogP contribution in [0.4, 0.5) is 4.79 Å². The highest BCUT2D eigenvalue weighted by atomic mass is 32.2. The molecule has 0 aromatic carbocycles. The molecular formula is C12H20N2O5S. The van der Waals surface area contributed by atoms with Crippen LogP contribution < -0.4 is 5.32 Å². The van der Waals surface area contributed by atoms with Crippen molar-refractivity contribution < 1.29 is 24.6 Å². The van der Waals surface area contributed by atoms with Crippen LogP contribution in [-0.2, 0) is 9.59 Å². The van der Waals surface area contributed by atoms with Crippen LogP contribution in [0.15, 0.2) is 0 Å². The third kappa shape index (κ3) is 5.28. The minimum Gasteiger partial charge on any atom is -0.481 e.